The van der Waals surface area contributed by atoms with Gasteiger partial charge in [-0.25, -0.2) is 5.26 Å². The summed E-state index contributed by atoms with van der Waals surface area (Å²) in [4.78, 5) is 22.1. The number of carbonyl (C=O) groups is 2. The van der Waals surface area contributed by atoms with E-state index >= 15 is 0 Å². The lowest BCUT2D eigenvalue weighted by Gasteiger charge is -2.19. The summed E-state index contributed by atoms with van der Waals surface area (Å²) in [5.74, 6) is -2.09. The molecule has 0 spiro atoms. The van der Waals surface area contributed by atoms with Crippen molar-refractivity contribution in [1.82, 2.24) is 0 Å². The van der Waals surface area contributed by atoms with Gasteiger partial charge < -0.3 is 9.47 Å². The number of hydrogen-bond donors (Lipinski definition) is 3. The molecule has 16 heteroatoms. The molecule has 1 saturated heterocycles. The van der Waals surface area contributed by atoms with Gasteiger partial charge in [0, 0.05) is 37.9 Å². The fourth-order valence-corrected chi connectivity index (χ4v) is 6.61. The SMILES string of the molecule is O=C1CC(CCOc2cc(S(=O)(=O)O)c3ccc4c(S(=O)(=O)O)cc(SOOO)c5ccc2c3c54)C(=O)O1. The van der Waals surface area contributed by atoms with Crippen molar-refractivity contribution in [3.63, 3.8) is 0 Å². The van der Waals surface area contributed by atoms with E-state index < -0.39 is 47.9 Å². The predicted octanol–water partition coefficient (Wildman–Crippen LogP) is 3.36. The van der Waals surface area contributed by atoms with Crippen molar-refractivity contribution in [2.45, 2.75) is 27.5 Å². The Morgan fingerprint density at radius 1 is 0.895 bits per heavy atom. The second-order valence-electron chi connectivity index (χ2n) is 8.32. The summed E-state index contributed by atoms with van der Waals surface area (Å²) in [6.07, 6.45) is -0.0324. The van der Waals surface area contributed by atoms with Gasteiger partial charge in [-0.05, 0) is 23.9 Å². The van der Waals surface area contributed by atoms with Crippen LogP contribution in [0.15, 0.2) is 51.1 Å². The Balaban J connectivity index is 1.76. The monoisotopic (exact) mass is 584 g/mol. The zero-order valence-corrected chi connectivity index (χ0v) is 21.3. The Morgan fingerprint density at radius 3 is 2.05 bits per heavy atom. The third-order valence-corrected chi connectivity index (χ3v) is 8.58. The average molecular weight is 585 g/mol. The molecule has 4 aromatic carbocycles. The molecule has 1 aliphatic rings. The van der Waals surface area contributed by atoms with Crippen LogP contribution in [0.3, 0.4) is 0 Å². The Morgan fingerprint density at radius 2 is 1.47 bits per heavy atom. The molecule has 3 N–H and O–H groups in total. The van der Waals surface area contributed by atoms with Crippen LogP contribution >= 0.6 is 12.0 Å². The van der Waals surface area contributed by atoms with Crippen LogP contribution in [0, 0.1) is 5.92 Å². The van der Waals surface area contributed by atoms with E-state index in [9.17, 15) is 35.5 Å². The lowest BCUT2D eigenvalue weighted by molar-refractivity contribution is -0.432. The number of carbonyl (C=O) groups excluding carboxylic acids is 2. The number of cyclic esters (lactones) is 2. The minimum Gasteiger partial charge on any atom is -0.493 e. The highest BCUT2D eigenvalue weighted by molar-refractivity contribution is 7.94. The second kappa shape index (κ2) is 9.58. The molecule has 0 amide bonds. The summed E-state index contributed by atoms with van der Waals surface area (Å²) in [6.45, 7) is -0.124. The molecule has 38 heavy (non-hydrogen) atoms. The number of ether oxygens (including phenoxy) is 2. The molecule has 13 nitrogen and oxygen atoms in total. The first-order chi connectivity index (χ1) is 17.9. The molecule has 0 bridgehead atoms. The summed E-state index contributed by atoms with van der Waals surface area (Å²) in [6, 6.07) is 7.85. The van der Waals surface area contributed by atoms with E-state index in [0.717, 1.165) is 12.1 Å². The zero-order valence-electron chi connectivity index (χ0n) is 18.8. The summed E-state index contributed by atoms with van der Waals surface area (Å²) >= 11 is 0.428. The Bertz CT molecular complexity index is 1830. The van der Waals surface area contributed by atoms with E-state index in [1.165, 1.54) is 12.1 Å². The van der Waals surface area contributed by atoms with Crippen LogP contribution < -0.4 is 4.74 Å². The quantitative estimate of drug-likeness (QED) is 0.0492. The van der Waals surface area contributed by atoms with Crippen molar-refractivity contribution in [1.29, 1.82) is 0 Å². The van der Waals surface area contributed by atoms with Gasteiger partial charge in [-0.2, -0.15) is 16.8 Å². The van der Waals surface area contributed by atoms with Gasteiger partial charge in [0.05, 0.1) is 31.0 Å². The van der Waals surface area contributed by atoms with Gasteiger partial charge in [0.25, 0.3) is 20.2 Å². The van der Waals surface area contributed by atoms with Crippen molar-refractivity contribution in [2.24, 2.45) is 5.92 Å². The molecular weight excluding hydrogens is 568 g/mol. The predicted molar refractivity (Wildman–Crippen MR) is 130 cm³/mol. The van der Waals surface area contributed by atoms with Gasteiger partial charge in [0.2, 0.25) is 0 Å². The van der Waals surface area contributed by atoms with E-state index in [4.69, 9.17) is 9.99 Å². The molecule has 0 saturated carbocycles. The molecule has 1 heterocycles. The second-order valence-corrected chi connectivity index (χ2v) is 11.8. The standard InChI is InChI=1S/C22H16O13S3/c23-19-7-10(22(24)33-19)5-6-32-15-8-17(37(26,27)28)13-3-4-14-18(38(29,30)31)9-16(36-35-34-25)12-2-1-11(15)20(13)21(12)14/h1-4,8-10,25H,5-7H2,(H,26,27,28)(H,29,30,31). The first-order valence-electron chi connectivity index (χ1n) is 10.7. The first kappa shape index (κ1) is 26.5. The average Bonchev–Trinajstić information content (AvgIpc) is 3.16. The fourth-order valence-electron chi connectivity index (χ4n) is 4.59. The van der Waals surface area contributed by atoms with E-state index in [1.54, 1.807) is 12.1 Å². The molecule has 5 rings (SSSR count). The van der Waals surface area contributed by atoms with Gasteiger partial charge in [-0.3, -0.25) is 18.7 Å². The molecule has 1 atom stereocenters. The van der Waals surface area contributed by atoms with Gasteiger partial charge >= 0.3 is 11.9 Å². The Kier molecular flexibility index (Phi) is 6.69. The van der Waals surface area contributed by atoms with Gasteiger partial charge in [0.15, 0.2) is 0 Å². The van der Waals surface area contributed by atoms with Crippen LogP contribution in [0.4, 0.5) is 0 Å². The lowest BCUT2D eigenvalue weighted by atomic mass is 9.93. The fraction of sp³-hybridized carbons (Fsp3) is 0.182. The molecular formula is C22H16O13S3. The topological polar surface area (TPSA) is 200 Å². The highest BCUT2D eigenvalue weighted by Crippen LogP contribution is 2.46. The lowest BCUT2D eigenvalue weighted by Crippen LogP contribution is -2.12. The molecule has 1 unspecified atom stereocenters. The van der Waals surface area contributed by atoms with E-state index in [1.807, 2.05) is 0 Å². The largest absolute Gasteiger partial charge is 0.493 e. The maximum absolute atomic E-state index is 12.3. The molecule has 1 fully saturated rings. The maximum Gasteiger partial charge on any atom is 0.317 e. The molecule has 0 aliphatic carbocycles. The van der Waals surface area contributed by atoms with E-state index in [0.29, 0.717) is 22.8 Å². The minimum atomic E-state index is -4.82. The Hall–Kier alpha value is -3.09. The summed E-state index contributed by atoms with van der Waals surface area (Å²) in [7, 11) is -9.62. The normalized spacial score (nSPS) is 16.7. The summed E-state index contributed by atoms with van der Waals surface area (Å²) in [5, 5.41) is 13.3. The third kappa shape index (κ3) is 4.65. The van der Waals surface area contributed by atoms with E-state index in [-0.39, 0.29) is 51.6 Å². The number of esters is 2. The van der Waals surface area contributed by atoms with Crippen LogP contribution in [0.2, 0.25) is 0 Å². The number of rotatable bonds is 9. The van der Waals surface area contributed by atoms with Crippen molar-refractivity contribution in [3.8, 4) is 5.75 Å². The van der Waals surface area contributed by atoms with Crippen LogP contribution in [0.5, 0.6) is 5.75 Å². The molecule has 0 aromatic heterocycles. The van der Waals surface area contributed by atoms with Crippen molar-refractivity contribution in [2.75, 3.05) is 6.61 Å². The first-order valence-corrected chi connectivity index (χ1v) is 14.3. The minimum absolute atomic E-state index is 0.0152. The molecule has 200 valence electrons. The van der Waals surface area contributed by atoms with Crippen molar-refractivity contribution < 1.29 is 59.6 Å². The van der Waals surface area contributed by atoms with Gasteiger partial charge in [-0.1, -0.05) is 23.2 Å². The number of hydrogen-bond acceptors (Lipinski definition) is 12. The number of benzene rings is 4. The highest BCUT2D eigenvalue weighted by atomic mass is 32.2. The highest BCUT2D eigenvalue weighted by Gasteiger charge is 2.33. The van der Waals surface area contributed by atoms with Crippen LogP contribution in [-0.4, -0.2) is 49.7 Å². The van der Waals surface area contributed by atoms with E-state index in [2.05, 4.69) is 14.1 Å². The summed E-state index contributed by atoms with van der Waals surface area (Å²) in [5.41, 5.74) is 0. The molecule has 0 radical (unpaired) electrons. The van der Waals surface area contributed by atoms with Crippen LogP contribution in [0.25, 0.3) is 32.3 Å². The third-order valence-electron chi connectivity index (χ3n) is 6.14. The maximum atomic E-state index is 12.3. The Labute approximate surface area is 218 Å². The van der Waals surface area contributed by atoms with Crippen LogP contribution in [-0.2, 0) is 43.9 Å². The molecule has 1 aliphatic heterocycles. The van der Waals surface area contributed by atoms with Gasteiger partial charge in [0.1, 0.15) is 15.5 Å². The van der Waals surface area contributed by atoms with Gasteiger partial charge in [-0.15, -0.1) is 4.33 Å². The molecule has 4 aromatic rings. The van der Waals surface area contributed by atoms with Crippen molar-refractivity contribution in [3.05, 3.63) is 36.4 Å². The smallest absolute Gasteiger partial charge is 0.317 e. The van der Waals surface area contributed by atoms with Crippen molar-refractivity contribution >= 4 is 76.5 Å². The summed E-state index contributed by atoms with van der Waals surface area (Å²) < 4.78 is 83.7. The van der Waals surface area contributed by atoms with Crippen LogP contribution in [0.1, 0.15) is 12.8 Å². The zero-order chi connectivity index (χ0) is 27.4.